The van der Waals surface area contributed by atoms with Crippen molar-refractivity contribution in [2.45, 2.75) is 6.92 Å². The predicted molar refractivity (Wildman–Crippen MR) is 108 cm³/mol. The molecule has 1 aromatic heterocycles. The lowest BCUT2D eigenvalue weighted by molar-refractivity contribution is -0.383. The summed E-state index contributed by atoms with van der Waals surface area (Å²) in [7, 11) is 1.63. The Morgan fingerprint density at radius 3 is 2.67 bits per heavy atom. The molecule has 0 aliphatic carbocycles. The van der Waals surface area contributed by atoms with Crippen molar-refractivity contribution in [1.82, 2.24) is 4.98 Å². The molecule has 0 spiro atoms. The molecule has 2 aromatic carbocycles. The first-order valence-electron chi connectivity index (χ1n) is 8.12. The molecule has 0 fully saturated rings. The van der Waals surface area contributed by atoms with Crippen LogP contribution in [0.25, 0.3) is 22.9 Å². The van der Waals surface area contributed by atoms with Crippen molar-refractivity contribution in [2.75, 3.05) is 12.4 Å². The van der Waals surface area contributed by atoms with E-state index in [-0.39, 0.29) is 5.69 Å². The Morgan fingerprint density at radius 1 is 1.30 bits per heavy atom. The maximum Gasteiger partial charge on any atom is 0.292 e. The number of aryl methyl sites for hydroxylation is 1. The first-order chi connectivity index (χ1) is 13.0. The third-order valence-electron chi connectivity index (χ3n) is 4.00. The average Bonchev–Trinajstić information content (AvgIpc) is 3.16. The monoisotopic (exact) mass is 376 g/mol. The summed E-state index contributed by atoms with van der Waals surface area (Å²) in [6.45, 7) is 2.02. The van der Waals surface area contributed by atoms with Gasteiger partial charge in [0, 0.05) is 24.1 Å². The fourth-order valence-electron chi connectivity index (χ4n) is 2.56. The maximum atomic E-state index is 11.2. The number of hydrogen-bond donors (Lipinski definition) is 1. The summed E-state index contributed by atoms with van der Waals surface area (Å²) in [5.41, 5.74) is 4.27. The highest BCUT2D eigenvalue weighted by Gasteiger charge is 2.14. The lowest BCUT2D eigenvalue weighted by Crippen LogP contribution is -1.96. The molecule has 134 valence electrons. The quantitative estimate of drug-likeness (QED) is 0.378. The van der Waals surface area contributed by atoms with Gasteiger partial charge in [-0.3, -0.25) is 10.1 Å². The fourth-order valence-corrected chi connectivity index (χ4v) is 3.36. The minimum atomic E-state index is -0.450. The number of nitrogens with one attached hydrogen (secondary N) is 1. The lowest BCUT2D eigenvalue weighted by atomic mass is 10.1. The minimum absolute atomic E-state index is 0.0389. The molecule has 27 heavy (non-hydrogen) atoms. The number of nitro groups is 1. The third-order valence-corrected chi connectivity index (χ3v) is 4.88. The number of nitro benzene ring substituents is 1. The van der Waals surface area contributed by atoms with E-state index in [1.807, 2.05) is 36.6 Å². The van der Waals surface area contributed by atoms with Gasteiger partial charge in [-0.1, -0.05) is 35.9 Å². The largest absolute Gasteiger partial charge is 0.383 e. The molecule has 3 aromatic rings. The predicted octanol–water partition coefficient (Wildman–Crippen LogP) is 5.13. The normalized spacial score (nSPS) is 11.1. The highest BCUT2D eigenvalue weighted by atomic mass is 32.1. The molecule has 3 rings (SSSR count). The van der Waals surface area contributed by atoms with E-state index in [1.165, 1.54) is 23.0 Å². The Kier molecular flexibility index (Phi) is 5.29. The van der Waals surface area contributed by atoms with E-state index in [4.69, 9.17) is 0 Å². The number of nitriles is 1. The number of thiazole rings is 1. The summed E-state index contributed by atoms with van der Waals surface area (Å²) in [5.74, 6) is 0. The molecular weight excluding hydrogens is 360 g/mol. The van der Waals surface area contributed by atoms with E-state index in [1.54, 1.807) is 25.3 Å². The van der Waals surface area contributed by atoms with Crippen molar-refractivity contribution in [3.63, 3.8) is 0 Å². The van der Waals surface area contributed by atoms with Gasteiger partial charge in [0.05, 0.1) is 16.2 Å². The van der Waals surface area contributed by atoms with E-state index in [2.05, 4.69) is 16.4 Å². The van der Waals surface area contributed by atoms with E-state index in [9.17, 15) is 15.4 Å². The van der Waals surface area contributed by atoms with Crippen LogP contribution in [0.4, 0.5) is 11.4 Å². The highest BCUT2D eigenvalue weighted by molar-refractivity contribution is 7.11. The molecule has 0 radical (unpaired) electrons. The van der Waals surface area contributed by atoms with E-state index < -0.39 is 4.92 Å². The molecule has 0 saturated heterocycles. The fraction of sp³-hybridized carbons (Fsp3) is 0.100. The standard InChI is InChI=1S/C20H16N4O2S/c1-13-3-6-15(7-4-13)18-12-27-20(23-18)16(11-21)9-14-5-8-17(22-2)19(10-14)24(25)26/h3-10,12,22H,1-2H3. The summed E-state index contributed by atoms with van der Waals surface area (Å²) in [4.78, 5) is 15.3. The molecular formula is C20H16N4O2S. The summed E-state index contributed by atoms with van der Waals surface area (Å²) in [6.07, 6.45) is 1.62. The molecule has 0 atom stereocenters. The van der Waals surface area contributed by atoms with Gasteiger partial charge in [0.1, 0.15) is 16.8 Å². The summed E-state index contributed by atoms with van der Waals surface area (Å²) in [6, 6.07) is 14.9. The molecule has 0 unspecified atom stereocenters. The van der Waals surface area contributed by atoms with E-state index in [0.717, 1.165) is 11.3 Å². The Hall–Kier alpha value is -3.50. The molecule has 0 bridgehead atoms. The van der Waals surface area contributed by atoms with Crippen LogP contribution in [0.3, 0.4) is 0 Å². The van der Waals surface area contributed by atoms with E-state index >= 15 is 0 Å². The van der Waals surface area contributed by atoms with Crippen molar-refractivity contribution in [2.24, 2.45) is 0 Å². The summed E-state index contributed by atoms with van der Waals surface area (Å²) >= 11 is 1.37. The Morgan fingerprint density at radius 2 is 2.04 bits per heavy atom. The molecule has 6 nitrogen and oxygen atoms in total. The second kappa shape index (κ2) is 7.81. The summed E-state index contributed by atoms with van der Waals surface area (Å²) in [5, 5.41) is 26.0. The van der Waals surface area contributed by atoms with Gasteiger partial charge in [-0.15, -0.1) is 11.3 Å². The lowest BCUT2D eigenvalue weighted by Gasteiger charge is -2.03. The van der Waals surface area contributed by atoms with Crippen LogP contribution in [0, 0.1) is 28.4 Å². The average molecular weight is 376 g/mol. The van der Waals surface area contributed by atoms with Crippen molar-refractivity contribution in [3.8, 4) is 17.3 Å². The highest BCUT2D eigenvalue weighted by Crippen LogP contribution is 2.30. The van der Waals surface area contributed by atoms with Crippen molar-refractivity contribution < 1.29 is 4.92 Å². The zero-order valence-electron chi connectivity index (χ0n) is 14.8. The van der Waals surface area contributed by atoms with Gasteiger partial charge in [0.15, 0.2) is 0 Å². The van der Waals surface area contributed by atoms with Crippen molar-refractivity contribution in [1.29, 1.82) is 5.26 Å². The minimum Gasteiger partial charge on any atom is -0.383 e. The molecule has 1 heterocycles. The first kappa shape index (κ1) is 18.3. The molecule has 0 saturated carbocycles. The number of anilines is 1. The summed E-state index contributed by atoms with van der Waals surface area (Å²) < 4.78 is 0. The molecule has 0 aliphatic rings. The van der Waals surface area contributed by atoms with Crippen LogP contribution in [0.5, 0.6) is 0 Å². The van der Waals surface area contributed by atoms with Gasteiger partial charge >= 0.3 is 0 Å². The van der Waals surface area contributed by atoms with Crippen LogP contribution in [0.15, 0.2) is 47.8 Å². The van der Waals surface area contributed by atoms with Crippen LogP contribution in [-0.4, -0.2) is 17.0 Å². The third kappa shape index (κ3) is 4.02. The van der Waals surface area contributed by atoms with Crippen LogP contribution in [0.1, 0.15) is 16.1 Å². The number of aromatic nitrogens is 1. The van der Waals surface area contributed by atoms with Gasteiger partial charge in [0.2, 0.25) is 0 Å². The molecule has 0 amide bonds. The zero-order valence-corrected chi connectivity index (χ0v) is 15.6. The molecule has 0 aliphatic heterocycles. The topological polar surface area (TPSA) is 91.8 Å². The Labute approximate surface area is 160 Å². The Balaban J connectivity index is 1.96. The second-order valence-corrected chi connectivity index (χ2v) is 6.72. The number of hydrogen-bond acceptors (Lipinski definition) is 6. The second-order valence-electron chi connectivity index (χ2n) is 5.86. The van der Waals surface area contributed by atoms with Crippen LogP contribution < -0.4 is 5.32 Å². The SMILES string of the molecule is CNc1ccc(C=C(C#N)c2nc(-c3ccc(C)cc3)cs2)cc1[N+](=O)[O-]. The van der Waals surface area contributed by atoms with Crippen molar-refractivity contribution >= 4 is 34.4 Å². The van der Waals surface area contributed by atoms with Gasteiger partial charge < -0.3 is 5.32 Å². The van der Waals surface area contributed by atoms with Gasteiger partial charge in [-0.25, -0.2) is 4.98 Å². The Bertz CT molecular complexity index is 1060. The van der Waals surface area contributed by atoms with Gasteiger partial charge in [0.25, 0.3) is 5.69 Å². The number of benzene rings is 2. The maximum absolute atomic E-state index is 11.2. The van der Waals surface area contributed by atoms with Crippen LogP contribution >= 0.6 is 11.3 Å². The van der Waals surface area contributed by atoms with Gasteiger partial charge in [-0.05, 0) is 24.6 Å². The van der Waals surface area contributed by atoms with Crippen molar-refractivity contribution in [3.05, 3.63) is 74.1 Å². The molecule has 7 heteroatoms. The first-order valence-corrected chi connectivity index (χ1v) is 9.00. The van der Waals surface area contributed by atoms with E-state index in [0.29, 0.717) is 21.8 Å². The molecule has 1 N–H and O–H groups in total. The number of rotatable bonds is 5. The van der Waals surface area contributed by atoms with Crippen LogP contribution in [-0.2, 0) is 0 Å². The smallest absolute Gasteiger partial charge is 0.292 e. The van der Waals surface area contributed by atoms with Gasteiger partial charge in [-0.2, -0.15) is 5.26 Å². The zero-order chi connectivity index (χ0) is 19.4. The van der Waals surface area contributed by atoms with Crippen LogP contribution in [0.2, 0.25) is 0 Å². The number of nitrogens with zero attached hydrogens (tertiary/aromatic N) is 3. The number of allylic oxidation sites excluding steroid dienone is 1.